The summed E-state index contributed by atoms with van der Waals surface area (Å²) < 4.78 is 27.2. The van der Waals surface area contributed by atoms with Crippen molar-refractivity contribution in [2.75, 3.05) is 13.1 Å². The Hall–Kier alpha value is -3.28. The van der Waals surface area contributed by atoms with Gasteiger partial charge in [-0.05, 0) is 47.7 Å². The highest BCUT2D eigenvalue weighted by Crippen LogP contribution is 2.29. The van der Waals surface area contributed by atoms with E-state index in [0.717, 1.165) is 23.6 Å². The average Bonchev–Trinajstić information content (AvgIpc) is 3.17. The fourth-order valence-corrected chi connectivity index (χ4v) is 3.74. The number of rotatable bonds is 3. The van der Waals surface area contributed by atoms with Crippen molar-refractivity contribution in [1.82, 2.24) is 9.88 Å². The minimum Gasteiger partial charge on any atom is -0.338 e. The van der Waals surface area contributed by atoms with Crippen molar-refractivity contribution in [2.45, 2.75) is 12.3 Å². The highest BCUT2D eigenvalue weighted by atomic mass is 19.1. The topological polar surface area (TPSA) is 53.2 Å². The second kappa shape index (κ2) is 7.03. The highest BCUT2D eigenvalue weighted by Gasteiger charge is 2.27. The molecule has 1 unspecified atom stereocenters. The largest absolute Gasteiger partial charge is 0.338 e. The van der Waals surface area contributed by atoms with E-state index < -0.39 is 11.6 Å². The maximum atomic E-state index is 14.1. The van der Waals surface area contributed by atoms with Gasteiger partial charge in [-0.3, -0.25) is 9.59 Å². The van der Waals surface area contributed by atoms with Gasteiger partial charge in [0.1, 0.15) is 11.6 Å². The predicted octanol–water partition coefficient (Wildman–Crippen LogP) is 3.98. The van der Waals surface area contributed by atoms with E-state index in [1.807, 2.05) is 6.07 Å². The van der Waals surface area contributed by atoms with Crippen molar-refractivity contribution in [3.63, 3.8) is 0 Å². The van der Waals surface area contributed by atoms with Gasteiger partial charge in [0.2, 0.25) is 5.91 Å². The third-order valence-corrected chi connectivity index (χ3v) is 5.22. The molecule has 0 aliphatic carbocycles. The molecule has 0 saturated carbocycles. The van der Waals surface area contributed by atoms with Crippen LogP contribution < -0.4 is 5.56 Å². The van der Waals surface area contributed by atoms with Gasteiger partial charge in [-0.1, -0.05) is 18.7 Å². The molecular formula is C22H18F2N2O2. The van der Waals surface area contributed by atoms with Crippen molar-refractivity contribution in [3.8, 4) is 11.1 Å². The second-order valence-electron chi connectivity index (χ2n) is 6.95. The van der Waals surface area contributed by atoms with Crippen LogP contribution in [0.3, 0.4) is 0 Å². The van der Waals surface area contributed by atoms with Gasteiger partial charge in [0.25, 0.3) is 5.56 Å². The Morgan fingerprint density at radius 2 is 2.00 bits per heavy atom. The molecule has 2 aromatic carbocycles. The number of nitrogens with zero attached hydrogens (tertiary/aromatic N) is 1. The molecule has 0 spiro atoms. The van der Waals surface area contributed by atoms with Crippen molar-refractivity contribution in [2.24, 2.45) is 0 Å². The minimum atomic E-state index is -0.676. The lowest BCUT2D eigenvalue weighted by atomic mass is 9.98. The van der Waals surface area contributed by atoms with Crippen molar-refractivity contribution < 1.29 is 13.6 Å². The zero-order valence-corrected chi connectivity index (χ0v) is 15.0. The molecule has 1 N–H and O–H groups in total. The van der Waals surface area contributed by atoms with Crippen LogP contribution in [0, 0.1) is 11.6 Å². The molecule has 6 heteroatoms. The smallest absolute Gasteiger partial charge is 0.256 e. The zero-order valence-electron chi connectivity index (χ0n) is 15.0. The van der Waals surface area contributed by atoms with Crippen LogP contribution in [0.2, 0.25) is 0 Å². The highest BCUT2D eigenvalue weighted by molar-refractivity contribution is 5.88. The SMILES string of the molecule is C=CC(=O)N1CCC(c2cc3ccc(-c4ccc(F)cc4F)cc3c(=O)[nH]2)C1. The second-order valence-corrected chi connectivity index (χ2v) is 6.95. The number of aromatic amines is 1. The van der Waals surface area contributed by atoms with E-state index in [1.54, 1.807) is 23.1 Å². The molecule has 1 amide bonds. The number of nitrogens with one attached hydrogen (secondary N) is 1. The molecule has 1 aromatic heterocycles. The number of fused-ring (bicyclic) bond motifs is 1. The molecule has 0 bridgehead atoms. The van der Waals surface area contributed by atoms with Crippen LogP contribution in [0.1, 0.15) is 18.0 Å². The van der Waals surface area contributed by atoms with Crippen LogP contribution in [0.4, 0.5) is 8.78 Å². The number of pyridine rings is 1. The lowest BCUT2D eigenvalue weighted by Crippen LogP contribution is -2.26. The standard InChI is InChI=1S/C22H18F2N2O2/c1-2-21(27)26-8-7-15(12-26)20-10-14-4-3-13(9-18(14)22(28)25-20)17-6-5-16(23)11-19(17)24/h2-6,9-11,15H,1,7-8,12H2,(H,25,28). The lowest BCUT2D eigenvalue weighted by Gasteiger charge is -2.15. The summed E-state index contributed by atoms with van der Waals surface area (Å²) in [5.74, 6) is -1.39. The summed E-state index contributed by atoms with van der Waals surface area (Å²) in [4.78, 5) is 29.0. The van der Waals surface area contributed by atoms with E-state index in [1.165, 1.54) is 18.2 Å². The molecule has 1 atom stereocenters. The number of hydrogen-bond acceptors (Lipinski definition) is 2. The van der Waals surface area contributed by atoms with Gasteiger partial charge in [0, 0.05) is 41.7 Å². The summed E-state index contributed by atoms with van der Waals surface area (Å²) in [6.45, 7) is 4.66. The maximum absolute atomic E-state index is 14.1. The van der Waals surface area contributed by atoms with E-state index in [0.29, 0.717) is 24.0 Å². The van der Waals surface area contributed by atoms with Gasteiger partial charge >= 0.3 is 0 Å². The molecule has 1 aliphatic rings. The monoisotopic (exact) mass is 380 g/mol. The van der Waals surface area contributed by atoms with Crippen LogP contribution >= 0.6 is 0 Å². The Kier molecular flexibility index (Phi) is 4.55. The summed E-state index contributed by atoms with van der Waals surface area (Å²) in [6, 6.07) is 10.3. The minimum absolute atomic E-state index is 0.0511. The van der Waals surface area contributed by atoms with Crippen LogP contribution in [0.15, 0.2) is 59.9 Å². The van der Waals surface area contributed by atoms with E-state index in [9.17, 15) is 18.4 Å². The number of hydrogen-bond donors (Lipinski definition) is 1. The van der Waals surface area contributed by atoms with Crippen LogP contribution in [0.25, 0.3) is 21.9 Å². The maximum Gasteiger partial charge on any atom is 0.256 e. The lowest BCUT2D eigenvalue weighted by molar-refractivity contribution is -0.125. The average molecular weight is 380 g/mol. The first kappa shape index (κ1) is 18.1. The molecule has 142 valence electrons. The quantitative estimate of drug-likeness (QED) is 0.699. The van der Waals surface area contributed by atoms with E-state index >= 15 is 0 Å². The Labute approximate surface area is 160 Å². The zero-order chi connectivity index (χ0) is 19.8. The first-order chi connectivity index (χ1) is 13.5. The fraction of sp³-hybridized carbons (Fsp3) is 0.182. The molecule has 1 aliphatic heterocycles. The van der Waals surface area contributed by atoms with Crippen LogP contribution in [0.5, 0.6) is 0 Å². The molecule has 3 aromatic rings. The van der Waals surface area contributed by atoms with E-state index in [-0.39, 0.29) is 22.9 Å². The Morgan fingerprint density at radius 3 is 2.75 bits per heavy atom. The third-order valence-electron chi connectivity index (χ3n) is 5.22. The van der Waals surface area contributed by atoms with Gasteiger partial charge < -0.3 is 9.88 Å². The number of benzene rings is 2. The van der Waals surface area contributed by atoms with Gasteiger partial charge in [-0.25, -0.2) is 8.78 Å². The first-order valence-electron chi connectivity index (χ1n) is 9.00. The molecule has 28 heavy (non-hydrogen) atoms. The first-order valence-corrected chi connectivity index (χ1v) is 9.00. The van der Waals surface area contributed by atoms with Crippen LogP contribution in [-0.4, -0.2) is 28.9 Å². The number of aromatic nitrogens is 1. The normalized spacial score (nSPS) is 16.5. The fourth-order valence-electron chi connectivity index (χ4n) is 3.74. The molecular weight excluding hydrogens is 362 g/mol. The summed E-state index contributed by atoms with van der Waals surface area (Å²) in [7, 11) is 0. The number of carbonyl (C=O) groups is 1. The summed E-state index contributed by atoms with van der Waals surface area (Å²) in [5.41, 5.74) is 1.25. The van der Waals surface area contributed by atoms with Gasteiger partial charge in [-0.15, -0.1) is 0 Å². The number of halogens is 2. The van der Waals surface area contributed by atoms with Crippen LogP contribution in [-0.2, 0) is 4.79 Å². The molecule has 4 nitrogen and oxygen atoms in total. The van der Waals surface area contributed by atoms with E-state index in [2.05, 4.69) is 11.6 Å². The molecule has 2 heterocycles. The number of H-pyrrole nitrogens is 1. The predicted molar refractivity (Wildman–Crippen MR) is 104 cm³/mol. The Balaban J connectivity index is 1.70. The molecule has 0 radical (unpaired) electrons. The van der Waals surface area contributed by atoms with Gasteiger partial charge in [0.05, 0.1) is 0 Å². The molecule has 1 fully saturated rings. The summed E-state index contributed by atoms with van der Waals surface area (Å²) in [5, 5.41) is 1.17. The van der Waals surface area contributed by atoms with E-state index in [4.69, 9.17) is 0 Å². The summed E-state index contributed by atoms with van der Waals surface area (Å²) in [6.07, 6.45) is 2.06. The number of likely N-dealkylation sites (tertiary alicyclic amines) is 1. The Morgan fingerprint density at radius 1 is 1.18 bits per heavy atom. The summed E-state index contributed by atoms with van der Waals surface area (Å²) >= 11 is 0. The van der Waals surface area contributed by atoms with Crippen molar-refractivity contribution >= 4 is 16.7 Å². The third kappa shape index (κ3) is 3.22. The Bertz CT molecular complexity index is 1150. The number of carbonyl (C=O) groups excluding carboxylic acids is 1. The van der Waals surface area contributed by atoms with Crippen molar-refractivity contribution in [1.29, 1.82) is 0 Å². The molecule has 4 rings (SSSR count). The number of amides is 1. The van der Waals surface area contributed by atoms with Crippen molar-refractivity contribution in [3.05, 3.63) is 82.8 Å². The van der Waals surface area contributed by atoms with Gasteiger partial charge in [0.15, 0.2) is 0 Å². The molecule has 1 saturated heterocycles. The van der Waals surface area contributed by atoms with Gasteiger partial charge in [-0.2, -0.15) is 0 Å².